The Kier molecular flexibility index (Phi) is 5.55. The number of halogens is 2. The lowest BCUT2D eigenvalue weighted by molar-refractivity contribution is 0.282. The monoisotopic (exact) mass is 383 g/mol. The van der Waals surface area contributed by atoms with E-state index in [-0.39, 0.29) is 0 Å². The van der Waals surface area contributed by atoms with E-state index in [1.54, 1.807) is 0 Å². The lowest BCUT2D eigenvalue weighted by atomic mass is 9.93. The predicted molar refractivity (Wildman–Crippen MR) is 111 cm³/mol. The molecule has 0 aromatic heterocycles. The molecule has 2 aliphatic rings. The maximum Gasteiger partial charge on any atom is 0.136 e. The van der Waals surface area contributed by atoms with Crippen LogP contribution in [0.2, 0.25) is 0 Å². The van der Waals surface area contributed by atoms with Gasteiger partial charge in [0, 0.05) is 6.54 Å². The summed E-state index contributed by atoms with van der Waals surface area (Å²) < 4.78 is 29.5. The van der Waals surface area contributed by atoms with Crippen molar-refractivity contribution in [3.8, 4) is 0 Å². The Hall–Kier alpha value is -1.74. The van der Waals surface area contributed by atoms with Crippen LogP contribution < -0.4 is 0 Å². The number of rotatable bonds is 10. The average Bonchev–Trinajstić information content (AvgIpc) is 3.64. The molecule has 0 heterocycles. The van der Waals surface area contributed by atoms with Crippen LogP contribution in [0.25, 0.3) is 0 Å². The number of nitrogens with zero attached hydrogens (tertiary/aromatic N) is 1. The summed E-state index contributed by atoms with van der Waals surface area (Å²) in [5.74, 6) is 0. The molecule has 28 heavy (non-hydrogen) atoms. The maximum atomic E-state index is 14.8. The van der Waals surface area contributed by atoms with Gasteiger partial charge in [-0.05, 0) is 80.3 Å². The van der Waals surface area contributed by atoms with Crippen LogP contribution in [0.5, 0.6) is 0 Å². The van der Waals surface area contributed by atoms with Gasteiger partial charge >= 0.3 is 0 Å². The van der Waals surface area contributed by atoms with Crippen molar-refractivity contribution < 1.29 is 8.78 Å². The molecule has 2 aromatic carbocycles. The average molecular weight is 384 g/mol. The minimum absolute atomic E-state index is 0.544. The zero-order chi connectivity index (χ0) is 19.6. The largest absolute Gasteiger partial charge is 0.303 e. The summed E-state index contributed by atoms with van der Waals surface area (Å²) in [6.45, 7) is 5.33. The summed E-state index contributed by atoms with van der Waals surface area (Å²) in [7, 11) is 0. The van der Waals surface area contributed by atoms with Crippen molar-refractivity contribution in [3.05, 3.63) is 70.8 Å². The van der Waals surface area contributed by atoms with Gasteiger partial charge in [-0.2, -0.15) is 0 Å². The van der Waals surface area contributed by atoms with Crippen molar-refractivity contribution in [2.24, 2.45) is 0 Å². The van der Waals surface area contributed by atoms with E-state index in [0.717, 1.165) is 44.5 Å². The number of likely N-dealkylation sites (N-methyl/N-ethyl adjacent to an activating group) is 1. The quantitative estimate of drug-likeness (QED) is 0.479. The fraction of sp³-hybridized carbons (Fsp3) is 0.520. The van der Waals surface area contributed by atoms with Gasteiger partial charge in [0.15, 0.2) is 0 Å². The van der Waals surface area contributed by atoms with E-state index in [2.05, 4.69) is 42.2 Å². The molecule has 2 saturated carbocycles. The van der Waals surface area contributed by atoms with Gasteiger partial charge in [0.05, 0.1) is 0 Å². The van der Waals surface area contributed by atoms with E-state index in [9.17, 15) is 8.78 Å². The second-order valence-electron chi connectivity index (χ2n) is 8.58. The van der Waals surface area contributed by atoms with E-state index < -0.39 is 11.3 Å². The number of alkyl halides is 2. The molecule has 0 N–H and O–H groups in total. The minimum atomic E-state index is -1.27. The van der Waals surface area contributed by atoms with Crippen LogP contribution in [0, 0.1) is 0 Å². The van der Waals surface area contributed by atoms with Crippen LogP contribution in [0.15, 0.2) is 48.5 Å². The topological polar surface area (TPSA) is 3.24 Å². The van der Waals surface area contributed by atoms with Crippen LogP contribution in [0.4, 0.5) is 8.78 Å². The molecule has 1 nitrogen and oxygen atoms in total. The van der Waals surface area contributed by atoms with E-state index >= 15 is 0 Å². The molecular weight excluding hydrogens is 352 g/mol. The summed E-state index contributed by atoms with van der Waals surface area (Å²) in [5.41, 5.74) is 1.25. The molecule has 2 aliphatic carbocycles. The van der Waals surface area contributed by atoms with E-state index in [1.807, 2.05) is 18.2 Å². The van der Waals surface area contributed by atoms with Crippen molar-refractivity contribution in [1.29, 1.82) is 0 Å². The molecule has 0 aliphatic heterocycles. The molecule has 4 rings (SSSR count). The number of hydrogen-bond donors (Lipinski definition) is 0. The summed E-state index contributed by atoms with van der Waals surface area (Å²) in [5, 5.41) is 0. The number of aryl methyl sites for hydroxylation is 1. The van der Waals surface area contributed by atoms with Gasteiger partial charge in [-0.1, -0.05) is 55.5 Å². The van der Waals surface area contributed by atoms with Crippen molar-refractivity contribution >= 4 is 0 Å². The first-order valence-corrected chi connectivity index (χ1v) is 10.8. The Morgan fingerprint density at radius 2 is 1.46 bits per heavy atom. The van der Waals surface area contributed by atoms with Crippen molar-refractivity contribution in [3.63, 3.8) is 0 Å². The Morgan fingerprint density at radius 3 is 2.11 bits per heavy atom. The van der Waals surface area contributed by atoms with Gasteiger partial charge in [0.2, 0.25) is 0 Å². The Morgan fingerprint density at radius 1 is 0.786 bits per heavy atom. The van der Waals surface area contributed by atoms with E-state index in [1.165, 1.54) is 5.56 Å². The number of benzene rings is 2. The highest BCUT2D eigenvalue weighted by Gasteiger charge is 2.53. The Bertz CT molecular complexity index is 793. The third-order valence-corrected chi connectivity index (χ3v) is 6.37. The minimum Gasteiger partial charge on any atom is -0.303 e. The van der Waals surface area contributed by atoms with Crippen molar-refractivity contribution in [2.45, 2.75) is 63.2 Å². The normalized spacial score (nSPS) is 19.0. The van der Waals surface area contributed by atoms with Crippen LogP contribution in [-0.4, -0.2) is 24.5 Å². The third kappa shape index (κ3) is 4.46. The zero-order valence-electron chi connectivity index (χ0n) is 16.9. The van der Waals surface area contributed by atoms with Crippen molar-refractivity contribution in [2.75, 3.05) is 19.6 Å². The molecule has 0 spiro atoms. The summed E-state index contributed by atoms with van der Waals surface area (Å²) in [4.78, 5) is 2.47. The van der Waals surface area contributed by atoms with Gasteiger partial charge in [-0.15, -0.1) is 0 Å². The number of hydrogen-bond acceptors (Lipinski definition) is 1. The lowest BCUT2D eigenvalue weighted by Crippen LogP contribution is -2.27. The highest BCUT2D eigenvalue weighted by atomic mass is 19.1. The molecule has 0 bridgehead atoms. The maximum absolute atomic E-state index is 14.8. The zero-order valence-corrected chi connectivity index (χ0v) is 16.9. The molecule has 0 amide bonds. The molecule has 0 radical (unpaired) electrons. The third-order valence-electron chi connectivity index (χ3n) is 6.37. The lowest BCUT2D eigenvalue weighted by Gasteiger charge is -2.21. The fourth-order valence-electron chi connectivity index (χ4n) is 4.13. The SMILES string of the molecule is CCN(CCCc1ccc(C2(F)CC2)c(C2(F)CC2)c1)CCc1ccccc1. The molecule has 2 aromatic rings. The van der Waals surface area contributed by atoms with Crippen LogP contribution >= 0.6 is 0 Å². The summed E-state index contributed by atoms with van der Waals surface area (Å²) >= 11 is 0. The van der Waals surface area contributed by atoms with Crippen LogP contribution in [0.3, 0.4) is 0 Å². The Balaban J connectivity index is 1.33. The second-order valence-corrected chi connectivity index (χ2v) is 8.58. The molecule has 2 fully saturated rings. The summed E-state index contributed by atoms with van der Waals surface area (Å²) in [6.07, 6.45) is 5.21. The highest BCUT2D eigenvalue weighted by Crippen LogP contribution is 2.58. The first kappa shape index (κ1) is 19.6. The molecule has 0 atom stereocenters. The first-order valence-electron chi connectivity index (χ1n) is 10.8. The van der Waals surface area contributed by atoms with Gasteiger partial charge < -0.3 is 4.90 Å². The van der Waals surface area contributed by atoms with Gasteiger partial charge in [0.25, 0.3) is 0 Å². The van der Waals surface area contributed by atoms with Gasteiger partial charge in [-0.3, -0.25) is 0 Å². The molecule has 3 heteroatoms. The van der Waals surface area contributed by atoms with Crippen LogP contribution in [-0.2, 0) is 24.2 Å². The smallest absolute Gasteiger partial charge is 0.136 e. The Labute approximate surface area is 167 Å². The predicted octanol–water partition coefficient (Wildman–Crippen LogP) is 6.10. The fourth-order valence-corrected chi connectivity index (χ4v) is 4.13. The summed E-state index contributed by atoms with van der Waals surface area (Å²) in [6, 6.07) is 16.4. The molecule has 150 valence electrons. The first-order chi connectivity index (χ1) is 13.5. The van der Waals surface area contributed by atoms with Crippen LogP contribution in [0.1, 0.15) is 61.3 Å². The second kappa shape index (κ2) is 7.94. The highest BCUT2D eigenvalue weighted by molar-refractivity contribution is 5.44. The molecule has 0 saturated heterocycles. The molecule has 0 unspecified atom stereocenters. The van der Waals surface area contributed by atoms with Gasteiger partial charge in [0.1, 0.15) is 11.3 Å². The van der Waals surface area contributed by atoms with E-state index in [0.29, 0.717) is 36.8 Å². The standard InChI is InChI=1S/C25H31F2N/c1-2-28(18-12-20-7-4-3-5-8-20)17-6-9-21-10-11-22(24(26)13-14-24)23(19-21)25(27)15-16-25/h3-5,7-8,10-11,19H,2,6,9,12-18H2,1H3. The van der Waals surface area contributed by atoms with E-state index in [4.69, 9.17) is 0 Å². The van der Waals surface area contributed by atoms with Crippen molar-refractivity contribution in [1.82, 2.24) is 4.90 Å². The molecular formula is C25H31F2N. The van der Waals surface area contributed by atoms with Gasteiger partial charge in [-0.25, -0.2) is 8.78 Å².